The van der Waals surface area contributed by atoms with Gasteiger partial charge in [-0.05, 0) is 55.0 Å². The van der Waals surface area contributed by atoms with Crippen LogP contribution in [0, 0.1) is 12.8 Å². The van der Waals surface area contributed by atoms with Crippen LogP contribution in [-0.4, -0.2) is 68.8 Å². The van der Waals surface area contributed by atoms with Crippen molar-refractivity contribution < 1.29 is 41.0 Å². The summed E-state index contributed by atoms with van der Waals surface area (Å²) in [6.45, 7) is 2.59. The number of halogens is 5. The quantitative estimate of drug-likeness (QED) is 0.409. The van der Waals surface area contributed by atoms with Crippen molar-refractivity contribution in [2.45, 2.75) is 76.2 Å². The molecule has 0 aromatic carbocycles. The lowest BCUT2D eigenvalue weighted by atomic mass is 9.81. The monoisotopic (exact) mass is 573 g/mol. The van der Waals surface area contributed by atoms with Crippen LogP contribution >= 0.6 is 0 Å². The summed E-state index contributed by atoms with van der Waals surface area (Å²) in [4.78, 5) is 43.6. The number of amides is 4. The maximum atomic E-state index is 13.8. The van der Waals surface area contributed by atoms with Crippen LogP contribution in [0.15, 0.2) is 23.0 Å². The first kappa shape index (κ1) is 29.1. The number of nitrogens with zero attached hydrogens (tertiary/aromatic N) is 4. The molecule has 3 heterocycles. The fourth-order valence-corrected chi connectivity index (χ4v) is 5.01. The average Bonchev–Trinajstić information content (AvgIpc) is 3.49. The number of carbonyl (C=O) groups is 3. The number of alkyl halides is 5. The van der Waals surface area contributed by atoms with Crippen molar-refractivity contribution in [1.29, 1.82) is 0 Å². The van der Waals surface area contributed by atoms with Crippen molar-refractivity contribution in [3.05, 3.63) is 35.3 Å². The molecule has 0 spiro atoms. The maximum absolute atomic E-state index is 13.8. The molecule has 1 aliphatic heterocycles. The fourth-order valence-electron chi connectivity index (χ4n) is 5.01. The maximum Gasteiger partial charge on any atom is 0.410 e. The first-order valence-corrected chi connectivity index (χ1v) is 12.7. The highest BCUT2D eigenvalue weighted by molar-refractivity contribution is 6.00. The first-order chi connectivity index (χ1) is 18.8. The molecule has 218 valence electrons. The third-order valence-electron chi connectivity index (χ3n) is 7.19. The highest BCUT2D eigenvalue weighted by atomic mass is 19.4. The third-order valence-corrected chi connectivity index (χ3v) is 7.19. The second-order valence-corrected chi connectivity index (χ2v) is 9.93. The van der Waals surface area contributed by atoms with Crippen LogP contribution in [-0.2, 0) is 4.79 Å². The SMILES string of the molecule is CC[C@H](c1ccnc(NC(=O)[C@H](NC(=O)c2nonc2C)C2CCC(F)(F)CC2)c1)N1C[C@@H](C(F)(F)F)NC1=O. The Morgan fingerprint density at radius 3 is 2.52 bits per heavy atom. The molecule has 2 aliphatic rings. The Kier molecular flexibility index (Phi) is 8.25. The topological polar surface area (TPSA) is 142 Å². The van der Waals surface area contributed by atoms with Gasteiger partial charge in [0.05, 0.1) is 12.6 Å². The van der Waals surface area contributed by atoms with E-state index in [2.05, 4.69) is 30.6 Å². The number of urea groups is 1. The average molecular weight is 574 g/mol. The summed E-state index contributed by atoms with van der Waals surface area (Å²) in [5.74, 6) is -4.99. The van der Waals surface area contributed by atoms with Gasteiger partial charge in [0, 0.05) is 19.0 Å². The van der Waals surface area contributed by atoms with Gasteiger partial charge in [0.15, 0.2) is 5.69 Å². The van der Waals surface area contributed by atoms with Crippen molar-refractivity contribution in [3.63, 3.8) is 0 Å². The molecule has 2 aromatic rings. The Morgan fingerprint density at radius 1 is 1.25 bits per heavy atom. The van der Waals surface area contributed by atoms with E-state index in [9.17, 15) is 36.3 Å². The lowest BCUT2D eigenvalue weighted by Crippen LogP contribution is -2.50. The van der Waals surface area contributed by atoms with Crippen molar-refractivity contribution >= 4 is 23.7 Å². The predicted molar refractivity (Wildman–Crippen MR) is 128 cm³/mol. The summed E-state index contributed by atoms with van der Waals surface area (Å²) in [7, 11) is 0. The second kappa shape index (κ2) is 11.3. The lowest BCUT2D eigenvalue weighted by molar-refractivity contribution is -0.150. The van der Waals surface area contributed by atoms with E-state index in [-0.39, 0.29) is 36.5 Å². The van der Waals surface area contributed by atoms with Crippen molar-refractivity contribution in [2.24, 2.45) is 5.92 Å². The van der Waals surface area contributed by atoms with Gasteiger partial charge in [-0.3, -0.25) is 9.59 Å². The number of anilines is 1. The molecule has 0 radical (unpaired) electrons. The molecular formula is C24H28F5N7O4. The minimum absolute atomic E-state index is 0.00704. The molecule has 0 bridgehead atoms. The largest absolute Gasteiger partial charge is 0.410 e. The number of aryl methyl sites for hydroxylation is 1. The predicted octanol–water partition coefficient (Wildman–Crippen LogP) is 3.74. The number of pyridine rings is 1. The van der Waals surface area contributed by atoms with Crippen molar-refractivity contribution in [3.8, 4) is 0 Å². The summed E-state index contributed by atoms with van der Waals surface area (Å²) in [6, 6.07) is -1.92. The van der Waals surface area contributed by atoms with E-state index in [0.29, 0.717) is 5.56 Å². The lowest BCUT2D eigenvalue weighted by Gasteiger charge is -2.33. The molecule has 11 nitrogen and oxygen atoms in total. The van der Waals surface area contributed by atoms with Crippen molar-refractivity contribution in [2.75, 3.05) is 11.9 Å². The molecule has 1 saturated carbocycles. The molecule has 1 saturated heterocycles. The number of nitrogens with one attached hydrogen (secondary N) is 3. The van der Waals surface area contributed by atoms with Crippen LogP contribution in [0.25, 0.3) is 0 Å². The second-order valence-electron chi connectivity index (χ2n) is 9.93. The van der Waals surface area contributed by atoms with Crippen LogP contribution in [0.2, 0.25) is 0 Å². The van der Waals surface area contributed by atoms with Crippen LogP contribution in [0.4, 0.5) is 32.6 Å². The molecule has 1 aliphatic carbocycles. The van der Waals surface area contributed by atoms with Gasteiger partial charge in [0.1, 0.15) is 23.6 Å². The van der Waals surface area contributed by atoms with E-state index in [4.69, 9.17) is 0 Å². The van der Waals surface area contributed by atoms with Gasteiger partial charge in [0.25, 0.3) is 5.91 Å². The molecule has 3 N–H and O–H groups in total. The summed E-state index contributed by atoms with van der Waals surface area (Å²) < 4.78 is 71.7. The summed E-state index contributed by atoms with van der Waals surface area (Å²) in [6.07, 6.45) is -3.98. The van der Waals surface area contributed by atoms with Gasteiger partial charge in [-0.1, -0.05) is 12.1 Å². The Balaban J connectivity index is 1.53. The normalized spacial score (nSPS) is 21.0. The smallest absolute Gasteiger partial charge is 0.338 e. The van der Waals surface area contributed by atoms with E-state index in [0.717, 1.165) is 4.90 Å². The third kappa shape index (κ3) is 6.47. The van der Waals surface area contributed by atoms with Gasteiger partial charge in [-0.15, -0.1) is 0 Å². The molecule has 16 heteroatoms. The molecule has 0 unspecified atom stereocenters. The van der Waals surface area contributed by atoms with E-state index >= 15 is 0 Å². The van der Waals surface area contributed by atoms with Gasteiger partial charge >= 0.3 is 12.2 Å². The van der Waals surface area contributed by atoms with Crippen LogP contribution < -0.4 is 16.0 Å². The molecule has 2 aromatic heterocycles. The molecule has 3 atom stereocenters. The van der Waals surface area contributed by atoms with Crippen LogP contribution in [0.3, 0.4) is 0 Å². The molecule has 4 rings (SSSR count). The van der Waals surface area contributed by atoms with E-state index in [1.54, 1.807) is 6.92 Å². The van der Waals surface area contributed by atoms with Crippen LogP contribution in [0.1, 0.15) is 66.8 Å². The Morgan fingerprint density at radius 2 is 1.95 bits per heavy atom. The van der Waals surface area contributed by atoms with Gasteiger partial charge < -0.3 is 20.9 Å². The van der Waals surface area contributed by atoms with Gasteiger partial charge in [-0.25, -0.2) is 23.2 Å². The summed E-state index contributed by atoms with van der Waals surface area (Å²) >= 11 is 0. The Bertz CT molecular complexity index is 1240. The van der Waals surface area contributed by atoms with E-state index in [1.165, 1.54) is 25.3 Å². The van der Waals surface area contributed by atoms with E-state index < -0.39 is 73.4 Å². The number of hydrogen-bond donors (Lipinski definition) is 3. The minimum atomic E-state index is -4.61. The number of aromatic nitrogens is 3. The standard InChI is InChI=1S/C24H28F5N7O4/c1-3-15(36-11-16(24(27,28)29)31-22(36)39)14-6-9-30-17(10-14)32-21(38)19(13-4-7-23(25,26)8-5-13)33-20(37)18-12(2)34-40-35-18/h6,9-10,13,15-16,19H,3-5,7-8,11H2,1-2H3,(H,31,39)(H,33,37)(H,30,32,38)/t15-,16+,19-/m1/s1. The van der Waals surface area contributed by atoms with Gasteiger partial charge in [0.2, 0.25) is 11.8 Å². The summed E-state index contributed by atoms with van der Waals surface area (Å²) in [5.41, 5.74) is 0.435. The molecule has 4 amide bonds. The highest BCUT2D eigenvalue weighted by Gasteiger charge is 2.48. The van der Waals surface area contributed by atoms with E-state index in [1.807, 2.05) is 5.32 Å². The first-order valence-electron chi connectivity index (χ1n) is 12.7. The molecule has 40 heavy (non-hydrogen) atoms. The minimum Gasteiger partial charge on any atom is -0.338 e. The zero-order valence-electron chi connectivity index (χ0n) is 21.6. The van der Waals surface area contributed by atoms with Crippen LogP contribution in [0.5, 0.6) is 0 Å². The zero-order chi connectivity index (χ0) is 29.2. The van der Waals surface area contributed by atoms with Crippen molar-refractivity contribution in [1.82, 2.24) is 30.8 Å². The fraction of sp³-hybridized carbons (Fsp3) is 0.583. The number of hydrogen-bond acceptors (Lipinski definition) is 7. The molecular weight excluding hydrogens is 545 g/mol. The Labute approximate surface area is 225 Å². The summed E-state index contributed by atoms with van der Waals surface area (Å²) in [5, 5.41) is 14.1. The Hall–Kier alpha value is -3.85. The number of rotatable bonds is 8. The highest BCUT2D eigenvalue weighted by Crippen LogP contribution is 2.38. The van der Waals surface area contributed by atoms with Gasteiger partial charge in [-0.2, -0.15) is 13.2 Å². The zero-order valence-corrected chi connectivity index (χ0v) is 21.6. The number of carbonyl (C=O) groups excluding carboxylic acids is 3. The molecule has 2 fully saturated rings.